The zero-order chi connectivity index (χ0) is 23.7. The average Bonchev–Trinajstić information content (AvgIpc) is 3.36. The number of nitrogens with one attached hydrogen (secondary N) is 1. The SMILES string of the molecule is COc1ccccc1N1C(=S)N[C@H](c2ccccn2)[C@H]1c1cc(C)n(Cc2ccccc2)c1C. The highest BCUT2D eigenvalue weighted by molar-refractivity contribution is 7.80. The van der Waals surface area contributed by atoms with E-state index in [9.17, 15) is 0 Å². The van der Waals surface area contributed by atoms with Crippen LogP contribution in [-0.4, -0.2) is 21.8 Å². The summed E-state index contributed by atoms with van der Waals surface area (Å²) in [7, 11) is 1.70. The molecule has 0 aliphatic carbocycles. The quantitative estimate of drug-likeness (QED) is 0.366. The predicted octanol–water partition coefficient (Wildman–Crippen LogP) is 5.73. The lowest BCUT2D eigenvalue weighted by molar-refractivity contribution is 0.414. The van der Waals surface area contributed by atoms with Gasteiger partial charge in [0, 0.05) is 24.1 Å². The highest BCUT2D eigenvalue weighted by Crippen LogP contribution is 2.45. The number of aromatic nitrogens is 2. The van der Waals surface area contributed by atoms with Crippen molar-refractivity contribution in [2.75, 3.05) is 12.0 Å². The van der Waals surface area contributed by atoms with Gasteiger partial charge in [-0.15, -0.1) is 0 Å². The number of ether oxygens (including phenoxy) is 1. The van der Waals surface area contributed by atoms with Crippen LogP contribution in [0.5, 0.6) is 5.75 Å². The fraction of sp³-hybridized carbons (Fsp3) is 0.214. The number of hydrogen-bond acceptors (Lipinski definition) is 3. The first-order valence-electron chi connectivity index (χ1n) is 11.4. The topological polar surface area (TPSA) is 42.3 Å². The largest absolute Gasteiger partial charge is 0.495 e. The molecule has 1 fully saturated rings. The van der Waals surface area contributed by atoms with Gasteiger partial charge in [-0.3, -0.25) is 4.98 Å². The van der Waals surface area contributed by atoms with Crippen molar-refractivity contribution in [1.82, 2.24) is 14.9 Å². The smallest absolute Gasteiger partial charge is 0.174 e. The normalized spacial score (nSPS) is 17.6. The summed E-state index contributed by atoms with van der Waals surface area (Å²) in [5.74, 6) is 0.788. The molecular formula is C28H28N4OS. The number of pyridine rings is 1. The number of anilines is 1. The summed E-state index contributed by atoms with van der Waals surface area (Å²) in [5.41, 5.74) is 6.84. The number of benzene rings is 2. The molecule has 1 aliphatic rings. The first-order valence-corrected chi connectivity index (χ1v) is 11.8. The van der Waals surface area contributed by atoms with E-state index in [1.165, 1.54) is 22.5 Å². The molecule has 0 unspecified atom stereocenters. The van der Waals surface area contributed by atoms with Gasteiger partial charge < -0.3 is 19.5 Å². The molecule has 2 aromatic heterocycles. The molecule has 0 radical (unpaired) electrons. The van der Waals surface area contributed by atoms with Crippen LogP contribution < -0.4 is 15.0 Å². The van der Waals surface area contributed by atoms with Crippen molar-refractivity contribution in [2.45, 2.75) is 32.5 Å². The van der Waals surface area contributed by atoms with E-state index >= 15 is 0 Å². The first-order chi connectivity index (χ1) is 16.6. The molecule has 2 atom stereocenters. The Balaban J connectivity index is 1.64. The van der Waals surface area contributed by atoms with Crippen LogP contribution in [0.4, 0.5) is 5.69 Å². The number of rotatable bonds is 6. The molecule has 34 heavy (non-hydrogen) atoms. The molecule has 3 heterocycles. The summed E-state index contributed by atoms with van der Waals surface area (Å²) in [6.07, 6.45) is 1.83. The van der Waals surface area contributed by atoms with E-state index in [1.807, 2.05) is 36.5 Å². The van der Waals surface area contributed by atoms with Crippen molar-refractivity contribution in [1.29, 1.82) is 0 Å². The van der Waals surface area contributed by atoms with E-state index in [4.69, 9.17) is 17.0 Å². The predicted molar refractivity (Wildman–Crippen MR) is 140 cm³/mol. The highest BCUT2D eigenvalue weighted by Gasteiger charge is 2.43. The Hall–Kier alpha value is -3.64. The van der Waals surface area contributed by atoms with E-state index in [2.05, 4.69) is 82.1 Å². The average molecular weight is 469 g/mol. The number of thiocarbonyl (C=S) groups is 1. The Kier molecular flexibility index (Phi) is 6.07. The second-order valence-corrected chi connectivity index (χ2v) is 8.95. The highest BCUT2D eigenvalue weighted by atomic mass is 32.1. The van der Waals surface area contributed by atoms with Gasteiger partial charge in [0.1, 0.15) is 5.75 Å². The summed E-state index contributed by atoms with van der Waals surface area (Å²) in [6.45, 7) is 5.19. The van der Waals surface area contributed by atoms with E-state index < -0.39 is 0 Å². The molecule has 4 aromatic rings. The van der Waals surface area contributed by atoms with Gasteiger partial charge in [0.25, 0.3) is 0 Å². The lowest BCUT2D eigenvalue weighted by Gasteiger charge is -2.29. The third-order valence-corrected chi connectivity index (χ3v) is 6.87. The zero-order valence-corrected chi connectivity index (χ0v) is 20.4. The second-order valence-electron chi connectivity index (χ2n) is 8.57. The number of nitrogens with zero attached hydrogens (tertiary/aromatic N) is 3. The van der Waals surface area contributed by atoms with Gasteiger partial charge in [0.2, 0.25) is 0 Å². The maximum absolute atomic E-state index is 5.90. The first kappa shape index (κ1) is 22.2. The van der Waals surface area contributed by atoms with Crippen LogP contribution in [0.1, 0.15) is 40.3 Å². The number of para-hydroxylation sites is 2. The van der Waals surface area contributed by atoms with Crippen molar-refractivity contribution in [2.24, 2.45) is 0 Å². The van der Waals surface area contributed by atoms with Gasteiger partial charge >= 0.3 is 0 Å². The van der Waals surface area contributed by atoms with Crippen LogP contribution in [0.2, 0.25) is 0 Å². The summed E-state index contributed by atoms with van der Waals surface area (Å²) in [4.78, 5) is 6.86. The van der Waals surface area contributed by atoms with Crippen LogP contribution in [0.3, 0.4) is 0 Å². The van der Waals surface area contributed by atoms with Gasteiger partial charge in [-0.25, -0.2) is 0 Å². The third-order valence-electron chi connectivity index (χ3n) is 6.56. The van der Waals surface area contributed by atoms with Crippen molar-refractivity contribution in [3.63, 3.8) is 0 Å². The standard InChI is InChI=1S/C28H28N4OS/c1-19-17-22(20(2)31(19)18-21-11-5-4-6-12-21)27-26(23-13-9-10-16-29-23)30-28(34)32(27)24-14-7-8-15-25(24)33-3/h4-17,26-27H,18H2,1-3H3,(H,30,34)/t26-,27-/m1/s1. The van der Waals surface area contributed by atoms with Crippen molar-refractivity contribution in [3.05, 3.63) is 113 Å². The molecule has 1 saturated heterocycles. The maximum atomic E-state index is 5.90. The van der Waals surface area contributed by atoms with Crippen molar-refractivity contribution < 1.29 is 4.74 Å². The molecule has 1 aliphatic heterocycles. The molecule has 0 amide bonds. The van der Waals surface area contributed by atoms with Gasteiger partial charge in [0.15, 0.2) is 5.11 Å². The molecule has 5 nitrogen and oxygen atoms in total. The maximum Gasteiger partial charge on any atom is 0.174 e. The Bertz CT molecular complexity index is 1300. The number of methoxy groups -OCH3 is 1. The van der Waals surface area contributed by atoms with Crippen LogP contribution >= 0.6 is 12.2 Å². The minimum absolute atomic E-state index is 0.0746. The minimum atomic E-state index is -0.0933. The van der Waals surface area contributed by atoms with Crippen LogP contribution in [0, 0.1) is 13.8 Å². The van der Waals surface area contributed by atoms with Crippen molar-refractivity contribution in [3.8, 4) is 5.75 Å². The van der Waals surface area contributed by atoms with Crippen LogP contribution in [0.15, 0.2) is 85.1 Å². The van der Waals surface area contributed by atoms with E-state index in [1.54, 1.807) is 7.11 Å². The molecule has 0 spiro atoms. The molecule has 1 N–H and O–H groups in total. The fourth-order valence-corrected chi connectivity index (χ4v) is 5.23. The summed E-state index contributed by atoms with van der Waals surface area (Å²) in [5, 5.41) is 4.22. The van der Waals surface area contributed by atoms with E-state index in [0.29, 0.717) is 5.11 Å². The number of hydrogen-bond donors (Lipinski definition) is 1. The molecule has 172 valence electrons. The second kappa shape index (κ2) is 9.31. The van der Waals surface area contributed by atoms with Gasteiger partial charge in [-0.1, -0.05) is 48.5 Å². The van der Waals surface area contributed by atoms with Crippen molar-refractivity contribution >= 4 is 23.0 Å². The Morgan fingerprint density at radius 1 is 0.971 bits per heavy atom. The Morgan fingerprint density at radius 2 is 1.71 bits per heavy atom. The summed E-state index contributed by atoms with van der Waals surface area (Å²) >= 11 is 5.90. The molecule has 2 aromatic carbocycles. The van der Waals surface area contributed by atoms with Gasteiger partial charge in [0.05, 0.1) is 30.6 Å². The third kappa shape index (κ3) is 3.94. The molecule has 0 saturated carbocycles. The van der Waals surface area contributed by atoms with Crippen LogP contribution in [0.25, 0.3) is 0 Å². The zero-order valence-electron chi connectivity index (χ0n) is 19.6. The Morgan fingerprint density at radius 3 is 2.44 bits per heavy atom. The summed E-state index contributed by atoms with van der Waals surface area (Å²) < 4.78 is 8.10. The number of aryl methyl sites for hydroxylation is 1. The van der Waals surface area contributed by atoms with E-state index in [0.717, 1.165) is 23.7 Å². The van der Waals surface area contributed by atoms with E-state index in [-0.39, 0.29) is 12.1 Å². The van der Waals surface area contributed by atoms with Gasteiger partial charge in [-0.2, -0.15) is 0 Å². The summed E-state index contributed by atoms with van der Waals surface area (Å²) in [6, 6.07) is 26.7. The minimum Gasteiger partial charge on any atom is -0.495 e. The monoisotopic (exact) mass is 468 g/mol. The molecule has 6 heteroatoms. The molecule has 0 bridgehead atoms. The Labute approximate surface area is 206 Å². The lowest BCUT2D eigenvalue weighted by Crippen LogP contribution is -2.30. The van der Waals surface area contributed by atoms with Gasteiger partial charge in [-0.05, 0) is 67.5 Å². The fourth-order valence-electron chi connectivity index (χ4n) is 4.90. The van der Waals surface area contributed by atoms with Crippen LogP contribution in [-0.2, 0) is 6.54 Å². The lowest BCUT2D eigenvalue weighted by atomic mass is 9.96. The molecule has 5 rings (SSSR count). The molecular weight excluding hydrogens is 440 g/mol.